The first-order valence-electron chi connectivity index (χ1n) is 14.9. The SMILES string of the molecule is Cc1cccc(C)c1NC(=O)c1cnc(Nc2ccc(N3CCN(C)CC3)cc2)nc1Oc1ccccc1OCC1CC1. The summed E-state index contributed by atoms with van der Waals surface area (Å²) in [6.45, 7) is 8.68. The zero-order valence-electron chi connectivity index (χ0n) is 25.0. The number of hydrogen-bond donors (Lipinski definition) is 2. The molecule has 4 aromatic rings. The average Bonchev–Trinajstić information content (AvgIpc) is 3.84. The molecule has 0 unspecified atom stereocenters. The highest BCUT2D eigenvalue weighted by molar-refractivity contribution is 6.06. The number of likely N-dealkylation sites (N-methyl/N-ethyl adjacent to an activating group) is 1. The molecule has 0 bridgehead atoms. The largest absolute Gasteiger partial charge is 0.489 e. The molecule has 1 aromatic heterocycles. The Bertz CT molecular complexity index is 1560. The fourth-order valence-electron chi connectivity index (χ4n) is 5.05. The van der Waals surface area contributed by atoms with Gasteiger partial charge in [-0.25, -0.2) is 4.98 Å². The van der Waals surface area contributed by atoms with Crippen molar-refractivity contribution in [2.45, 2.75) is 26.7 Å². The van der Waals surface area contributed by atoms with E-state index in [9.17, 15) is 4.79 Å². The molecule has 2 N–H and O–H groups in total. The molecule has 1 amide bonds. The molecule has 1 aliphatic heterocycles. The Morgan fingerprint density at radius 1 is 0.907 bits per heavy atom. The van der Waals surface area contributed by atoms with Crippen molar-refractivity contribution in [2.75, 3.05) is 55.4 Å². The van der Waals surface area contributed by atoms with E-state index < -0.39 is 0 Å². The van der Waals surface area contributed by atoms with Crippen LogP contribution in [0.4, 0.5) is 23.0 Å². The van der Waals surface area contributed by atoms with E-state index >= 15 is 0 Å². The Hall–Kier alpha value is -4.63. The van der Waals surface area contributed by atoms with Crippen LogP contribution in [0.15, 0.2) is 72.9 Å². The maximum Gasteiger partial charge on any atom is 0.262 e. The van der Waals surface area contributed by atoms with E-state index in [0.717, 1.165) is 48.7 Å². The van der Waals surface area contributed by atoms with E-state index in [1.165, 1.54) is 24.7 Å². The highest BCUT2D eigenvalue weighted by Gasteiger charge is 2.24. The number of aryl methyl sites for hydroxylation is 2. The summed E-state index contributed by atoms with van der Waals surface area (Å²) in [4.78, 5) is 27.5. The van der Waals surface area contributed by atoms with Crippen molar-refractivity contribution < 1.29 is 14.3 Å². The first-order valence-corrected chi connectivity index (χ1v) is 14.9. The van der Waals surface area contributed by atoms with Gasteiger partial charge in [0.05, 0.1) is 6.61 Å². The van der Waals surface area contributed by atoms with E-state index in [1.807, 2.05) is 68.4 Å². The minimum atomic E-state index is -0.355. The molecule has 222 valence electrons. The molecule has 2 heterocycles. The second-order valence-electron chi connectivity index (χ2n) is 11.4. The maximum atomic E-state index is 13.6. The number of ether oxygens (including phenoxy) is 2. The number of carbonyl (C=O) groups is 1. The third-order valence-corrected chi connectivity index (χ3v) is 7.94. The molecule has 3 aromatic carbocycles. The number of piperazine rings is 1. The number of benzene rings is 3. The summed E-state index contributed by atoms with van der Waals surface area (Å²) in [5.41, 5.74) is 4.93. The third kappa shape index (κ3) is 7.06. The van der Waals surface area contributed by atoms with Gasteiger partial charge in [0.15, 0.2) is 11.5 Å². The summed E-state index contributed by atoms with van der Waals surface area (Å²) in [5, 5.41) is 6.31. The van der Waals surface area contributed by atoms with Gasteiger partial charge >= 0.3 is 0 Å². The number of amides is 1. The van der Waals surface area contributed by atoms with Crippen LogP contribution in [0.3, 0.4) is 0 Å². The Kier molecular flexibility index (Phi) is 8.42. The molecular weight excluding hydrogens is 540 g/mol. The number of rotatable bonds is 10. The van der Waals surface area contributed by atoms with E-state index in [1.54, 1.807) is 0 Å². The van der Waals surface area contributed by atoms with Crippen molar-refractivity contribution in [3.63, 3.8) is 0 Å². The summed E-state index contributed by atoms with van der Waals surface area (Å²) >= 11 is 0. The Labute approximate surface area is 252 Å². The first-order chi connectivity index (χ1) is 20.9. The minimum Gasteiger partial charge on any atom is -0.489 e. The van der Waals surface area contributed by atoms with Crippen LogP contribution in [0.5, 0.6) is 17.4 Å². The second kappa shape index (κ2) is 12.7. The lowest BCUT2D eigenvalue weighted by molar-refractivity contribution is 0.102. The molecule has 6 rings (SSSR count). The van der Waals surface area contributed by atoms with Gasteiger partial charge in [-0.1, -0.05) is 30.3 Å². The van der Waals surface area contributed by atoms with Crippen LogP contribution >= 0.6 is 0 Å². The zero-order chi connectivity index (χ0) is 29.8. The van der Waals surface area contributed by atoms with Crippen LogP contribution in [-0.2, 0) is 0 Å². The summed E-state index contributed by atoms with van der Waals surface area (Å²) in [7, 11) is 2.15. The molecule has 1 saturated carbocycles. The summed E-state index contributed by atoms with van der Waals surface area (Å²) < 4.78 is 12.4. The zero-order valence-corrected chi connectivity index (χ0v) is 25.0. The van der Waals surface area contributed by atoms with Crippen LogP contribution < -0.4 is 25.0 Å². The highest BCUT2D eigenvalue weighted by atomic mass is 16.5. The monoisotopic (exact) mass is 578 g/mol. The smallest absolute Gasteiger partial charge is 0.262 e. The fraction of sp³-hybridized carbons (Fsp3) is 0.324. The normalized spacial score (nSPS) is 15.2. The van der Waals surface area contributed by atoms with Crippen LogP contribution in [0, 0.1) is 19.8 Å². The average molecular weight is 579 g/mol. The number of nitrogens with one attached hydrogen (secondary N) is 2. The minimum absolute atomic E-state index is 0.137. The van der Waals surface area contributed by atoms with Gasteiger partial charge < -0.3 is 29.9 Å². The molecule has 2 fully saturated rings. The van der Waals surface area contributed by atoms with Gasteiger partial charge in [0.25, 0.3) is 5.91 Å². The standard InChI is InChI=1S/C34H38N6O3/c1-23-7-6-8-24(2)31(23)37-32(41)28-21-35-34(36-26-13-15-27(16-14-26)40-19-17-39(3)18-20-40)38-33(28)43-30-10-5-4-9-29(30)42-22-25-11-12-25/h4-10,13-16,21,25H,11-12,17-20,22H2,1-3H3,(H,37,41)(H,35,36,38). The van der Waals surface area contributed by atoms with E-state index in [2.05, 4.69) is 49.6 Å². The number of carbonyl (C=O) groups excluding carboxylic acids is 1. The van der Waals surface area contributed by atoms with E-state index in [-0.39, 0.29) is 17.4 Å². The van der Waals surface area contributed by atoms with Gasteiger partial charge in [-0.15, -0.1) is 0 Å². The molecule has 43 heavy (non-hydrogen) atoms. The van der Waals surface area contributed by atoms with Crippen molar-refractivity contribution in [3.05, 3.63) is 89.6 Å². The molecule has 1 aliphatic carbocycles. The first kappa shape index (κ1) is 28.5. The molecule has 9 nitrogen and oxygen atoms in total. The highest BCUT2D eigenvalue weighted by Crippen LogP contribution is 2.36. The predicted molar refractivity (Wildman–Crippen MR) is 170 cm³/mol. The molecule has 1 saturated heterocycles. The summed E-state index contributed by atoms with van der Waals surface area (Å²) in [5.74, 6) is 1.80. The number of para-hydroxylation sites is 3. The second-order valence-corrected chi connectivity index (χ2v) is 11.4. The van der Waals surface area contributed by atoms with Crippen LogP contribution in [0.1, 0.15) is 34.3 Å². The number of aromatic nitrogens is 2. The predicted octanol–water partition coefficient (Wildman–Crippen LogP) is 6.42. The van der Waals surface area contributed by atoms with Crippen molar-refractivity contribution in [1.29, 1.82) is 0 Å². The molecular formula is C34H38N6O3. The van der Waals surface area contributed by atoms with Crippen LogP contribution in [-0.4, -0.2) is 60.6 Å². The molecule has 0 spiro atoms. The van der Waals surface area contributed by atoms with Gasteiger partial charge in [0.2, 0.25) is 11.8 Å². The summed E-state index contributed by atoms with van der Waals surface area (Å²) in [6.07, 6.45) is 3.87. The van der Waals surface area contributed by atoms with E-state index in [4.69, 9.17) is 9.47 Å². The Balaban J connectivity index is 1.26. The van der Waals surface area contributed by atoms with Gasteiger partial charge in [-0.2, -0.15) is 4.98 Å². The lowest BCUT2D eigenvalue weighted by Crippen LogP contribution is -2.44. The van der Waals surface area contributed by atoms with Gasteiger partial charge in [0.1, 0.15) is 5.56 Å². The number of hydrogen-bond acceptors (Lipinski definition) is 8. The lowest BCUT2D eigenvalue weighted by atomic mass is 10.1. The van der Waals surface area contributed by atoms with Crippen LogP contribution in [0.25, 0.3) is 0 Å². The van der Waals surface area contributed by atoms with Crippen LogP contribution in [0.2, 0.25) is 0 Å². The third-order valence-electron chi connectivity index (χ3n) is 7.94. The quantitative estimate of drug-likeness (QED) is 0.223. The summed E-state index contributed by atoms with van der Waals surface area (Å²) in [6, 6.07) is 21.6. The van der Waals surface area contributed by atoms with Crippen molar-refractivity contribution >= 4 is 28.9 Å². The molecule has 9 heteroatoms. The van der Waals surface area contributed by atoms with Crippen molar-refractivity contribution in [2.24, 2.45) is 5.92 Å². The van der Waals surface area contributed by atoms with Crippen molar-refractivity contribution in [3.8, 4) is 17.4 Å². The van der Waals surface area contributed by atoms with Gasteiger partial charge in [-0.3, -0.25) is 4.79 Å². The number of nitrogens with zero attached hydrogens (tertiary/aromatic N) is 4. The lowest BCUT2D eigenvalue weighted by Gasteiger charge is -2.34. The Morgan fingerprint density at radius 3 is 2.30 bits per heavy atom. The molecule has 0 atom stereocenters. The van der Waals surface area contributed by atoms with Gasteiger partial charge in [-0.05, 0) is 87.2 Å². The van der Waals surface area contributed by atoms with E-state index in [0.29, 0.717) is 30.0 Å². The fourth-order valence-corrected chi connectivity index (χ4v) is 5.05. The maximum absolute atomic E-state index is 13.6. The van der Waals surface area contributed by atoms with Crippen molar-refractivity contribution in [1.82, 2.24) is 14.9 Å². The topological polar surface area (TPSA) is 91.9 Å². The number of anilines is 4. The van der Waals surface area contributed by atoms with Gasteiger partial charge in [0, 0.05) is 49.4 Å². The Morgan fingerprint density at radius 2 is 1.60 bits per heavy atom. The molecule has 0 radical (unpaired) electrons. The molecule has 2 aliphatic rings.